The van der Waals surface area contributed by atoms with Crippen LogP contribution in [0.25, 0.3) is 0 Å². The number of hydrogen-bond donors (Lipinski definition) is 0. The molecule has 0 saturated heterocycles. The van der Waals surface area contributed by atoms with Gasteiger partial charge in [-0.25, -0.2) is 0 Å². The van der Waals surface area contributed by atoms with Gasteiger partial charge in [-0.15, -0.1) is 0 Å². The smallest absolute Gasteiger partial charge is 2.00 e. The van der Waals surface area contributed by atoms with Crippen molar-refractivity contribution in [2.45, 2.75) is 0 Å². The van der Waals surface area contributed by atoms with Crippen LogP contribution >= 0.6 is 7.82 Å². The standard InChI is InChI=1S/4Ca.H3O4P.O/c;;;;1-5(2,3)4;/h;;;;(H3,1,2,3,4);/q4*+2;;-2/p-3. The van der Waals surface area contributed by atoms with Crippen LogP contribution < -0.4 is 14.7 Å². The van der Waals surface area contributed by atoms with Gasteiger partial charge in [0.2, 0.25) is 0 Å². The molecule has 40 valence electrons. The second-order valence-corrected chi connectivity index (χ2v) is 1.34. The van der Waals surface area contributed by atoms with E-state index < -0.39 is 7.82 Å². The van der Waals surface area contributed by atoms with Crippen molar-refractivity contribution in [1.82, 2.24) is 0 Å². The Hall–Kier alpha value is 5.11. The SMILES string of the molecule is O=P([O-])([O-])[O-].[Ca+2].[Ca+2].[Ca+2].[Ca+2].[O-2]. The van der Waals surface area contributed by atoms with Crippen molar-refractivity contribution < 1.29 is 24.7 Å². The Kier molecular flexibility index (Phi) is 71.2. The Morgan fingerprint density at radius 1 is 0.800 bits per heavy atom. The van der Waals surface area contributed by atoms with Crippen molar-refractivity contribution in [3.8, 4) is 0 Å². The molecule has 0 radical (unpaired) electrons. The van der Waals surface area contributed by atoms with E-state index in [1.54, 1.807) is 0 Å². The van der Waals surface area contributed by atoms with Crippen LogP contribution in [-0.2, 0) is 10.0 Å². The second-order valence-electron chi connectivity index (χ2n) is 0.447. The molecular formula is Ca4O5P+3. The molecule has 0 aliphatic heterocycles. The van der Waals surface area contributed by atoms with Crippen molar-refractivity contribution in [3.63, 3.8) is 0 Å². The monoisotopic (exact) mass is 271 g/mol. The van der Waals surface area contributed by atoms with Gasteiger partial charge in [-0.2, -0.15) is 7.82 Å². The molecule has 0 atom stereocenters. The summed E-state index contributed by atoms with van der Waals surface area (Å²) < 4.78 is 8.55. The van der Waals surface area contributed by atoms with E-state index in [1.807, 2.05) is 0 Å². The number of phosphoric acid groups is 1. The average molecular weight is 271 g/mol. The molecule has 0 aromatic rings. The molecule has 0 amide bonds. The Bertz CT molecular complexity index is 59.8. The summed E-state index contributed by atoms with van der Waals surface area (Å²) in [6, 6.07) is 0. The van der Waals surface area contributed by atoms with E-state index >= 15 is 0 Å². The molecule has 0 rings (SSSR count). The quantitative estimate of drug-likeness (QED) is 0.326. The topological polar surface area (TPSA) is 115 Å². The average Bonchev–Trinajstić information content (AvgIpc) is 0.722. The maximum absolute atomic E-state index is 8.55. The molecule has 0 unspecified atom stereocenters. The van der Waals surface area contributed by atoms with Gasteiger partial charge in [0.1, 0.15) is 0 Å². The van der Waals surface area contributed by atoms with Crippen LogP contribution in [-0.4, -0.2) is 151 Å². The molecule has 0 aromatic heterocycles. The minimum absolute atomic E-state index is 0. The maximum Gasteiger partial charge on any atom is 2.00 e. The molecule has 5 nitrogen and oxygen atoms in total. The van der Waals surface area contributed by atoms with Gasteiger partial charge in [0, 0.05) is 0 Å². The van der Waals surface area contributed by atoms with Crippen LogP contribution in [0, 0.1) is 0 Å². The molecule has 0 aliphatic carbocycles. The van der Waals surface area contributed by atoms with Crippen LogP contribution in [0.3, 0.4) is 0 Å². The summed E-state index contributed by atoms with van der Waals surface area (Å²) in [6.45, 7) is 0. The first kappa shape index (κ1) is 36.2. The Morgan fingerprint density at radius 2 is 0.800 bits per heavy atom. The van der Waals surface area contributed by atoms with Crippen molar-refractivity contribution >= 4 is 159 Å². The molecule has 0 bridgehead atoms. The summed E-state index contributed by atoms with van der Waals surface area (Å²) in [6.07, 6.45) is 0. The third-order valence-electron chi connectivity index (χ3n) is 0. The van der Waals surface area contributed by atoms with E-state index in [0.29, 0.717) is 0 Å². The summed E-state index contributed by atoms with van der Waals surface area (Å²) >= 11 is 0. The molecule has 0 fully saturated rings. The van der Waals surface area contributed by atoms with Crippen molar-refractivity contribution in [2.75, 3.05) is 0 Å². The van der Waals surface area contributed by atoms with Gasteiger partial charge in [-0.1, -0.05) is 0 Å². The van der Waals surface area contributed by atoms with Crippen molar-refractivity contribution in [3.05, 3.63) is 0 Å². The summed E-state index contributed by atoms with van der Waals surface area (Å²) in [7, 11) is -5.39. The van der Waals surface area contributed by atoms with Gasteiger partial charge in [-0.05, 0) is 0 Å². The first-order valence-electron chi connectivity index (χ1n) is 0.730. The van der Waals surface area contributed by atoms with Gasteiger partial charge in [0.25, 0.3) is 0 Å². The molecular weight excluding hydrogens is 271 g/mol. The minimum atomic E-state index is -5.39. The van der Waals surface area contributed by atoms with E-state index in [0.717, 1.165) is 0 Å². The van der Waals surface area contributed by atoms with Gasteiger partial charge in [-0.3, -0.25) is 0 Å². The molecule has 10 heteroatoms. The molecule has 0 N–H and O–H groups in total. The van der Waals surface area contributed by atoms with E-state index in [4.69, 9.17) is 19.2 Å². The zero-order chi connectivity index (χ0) is 4.50. The van der Waals surface area contributed by atoms with E-state index in [2.05, 4.69) is 0 Å². The zero-order valence-electron chi connectivity index (χ0n) is 5.32. The second kappa shape index (κ2) is 19.6. The first-order valence-corrected chi connectivity index (χ1v) is 2.19. The fraction of sp³-hybridized carbons (Fsp3) is 0. The van der Waals surface area contributed by atoms with Gasteiger partial charge >= 0.3 is 151 Å². The molecule has 0 aliphatic rings. The first-order chi connectivity index (χ1) is 2.00. The van der Waals surface area contributed by atoms with Crippen molar-refractivity contribution in [2.24, 2.45) is 0 Å². The van der Waals surface area contributed by atoms with E-state index in [-0.39, 0.29) is 156 Å². The third-order valence-corrected chi connectivity index (χ3v) is 0. The molecule has 0 aromatic carbocycles. The van der Waals surface area contributed by atoms with Crippen LogP contribution in [0.4, 0.5) is 0 Å². The Labute approximate surface area is 178 Å². The fourth-order valence-corrected chi connectivity index (χ4v) is 0. The van der Waals surface area contributed by atoms with Crippen LogP contribution in [0.2, 0.25) is 0 Å². The molecule has 0 spiro atoms. The summed E-state index contributed by atoms with van der Waals surface area (Å²) in [4.78, 5) is 25.6. The molecule has 0 saturated carbocycles. The van der Waals surface area contributed by atoms with E-state index in [9.17, 15) is 0 Å². The van der Waals surface area contributed by atoms with Gasteiger partial charge < -0.3 is 24.7 Å². The van der Waals surface area contributed by atoms with Crippen molar-refractivity contribution in [1.29, 1.82) is 0 Å². The summed E-state index contributed by atoms with van der Waals surface area (Å²) in [5.41, 5.74) is 0. The predicted molar refractivity (Wildman–Crippen MR) is 31.3 cm³/mol. The summed E-state index contributed by atoms with van der Waals surface area (Å²) in [5.74, 6) is 0. The van der Waals surface area contributed by atoms with E-state index in [1.165, 1.54) is 0 Å². The number of hydrogen-bond acceptors (Lipinski definition) is 4. The van der Waals surface area contributed by atoms with Gasteiger partial charge in [0.05, 0.1) is 0 Å². The Morgan fingerprint density at radius 3 is 0.800 bits per heavy atom. The summed E-state index contributed by atoms with van der Waals surface area (Å²) in [5, 5.41) is 0. The minimum Gasteiger partial charge on any atom is -2.00 e. The molecule has 10 heavy (non-hydrogen) atoms. The van der Waals surface area contributed by atoms with Crippen LogP contribution in [0.15, 0.2) is 0 Å². The third kappa shape index (κ3) is 73.6. The fourth-order valence-electron chi connectivity index (χ4n) is 0. The Balaban J connectivity index is -0.00000000800. The number of rotatable bonds is 0. The van der Waals surface area contributed by atoms with Crippen LogP contribution in [0.5, 0.6) is 0 Å². The molecule has 0 heterocycles. The van der Waals surface area contributed by atoms with Gasteiger partial charge in [0.15, 0.2) is 0 Å². The predicted octanol–water partition coefficient (Wildman–Crippen LogP) is -4.47. The zero-order valence-corrected chi connectivity index (χ0v) is 15.0. The normalized spacial score (nSPS) is 5.90. The largest absolute Gasteiger partial charge is 2.00 e. The van der Waals surface area contributed by atoms with Crippen LogP contribution in [0.1, 0.15) is 0 Å². The maximum atomic E-state index is 8.55.